The van der Waals surface area contributed by atoms with Crippen LogP contribution in [0.15, 0.2) is 29.0 Å². The quantitative estimate of drug-likeness (QED) is 0.904. The zero-order valence-corrected chi connectivity index (χ0v) is 11.8. The van der Waals surface area contributed by atoms with Gasteiger partial charge in [-0.05, 0) is 12.1 Å². The number of benzene rings is 1. The Morgan fingerprint density at radius 1 is 1.33 bits per heavy atom. The van der Waals surface area contributed by atoms with Gasteiger partial charge in [0.1, 0.15) is 22.9 Å². The van der Waals surface area contributed by atoms with E-state index in [-0.39, 0.29) is 10.8 Å². The van der Waals surface area contributed by atoms with Crippen LogP contribution >= 0.6 is 27.5 Å². The summed E-state index contributed by atoms with van der Waals surface area (Å²) in [6.45, 7) is 0. The molecule has 0 aliphatic heterocycles. The van der Waals surface area contributed by atoms with Crippen LogP contribution in [0, 0.1) is 0 Å². The van der Waals surface area contributed by atoms with Crippen molar-refractivity contribution in [2.45, 2.75) is 0 Å². The molecule has 0 fully saturated rings. The van der Waals surface area contributed by atoms with Crippen molar-refractivity contribution in [1.29, 1.82) is 0 Å². The first-order valence-electron chi connectivity index (χ1n) is 4.97. The Labute approximate surface area is 117 Å². The Hall–Kier alpha value is -1.53. The lowest BCUT2D eigenvalue weighted by molar-refractivity contribution is 0.415. The predicted molar refractivity (Wildman–Crippen MR) is 75.4 cm³/mol. The van der Waals surface area contributed by atoms with E-state index in [1.807, 2.05) is 18.2 Å². The van der Waals surface area contributed by atoms with Crippen molar-refractivity contribution in [3.8, 4) is 5.75 Å². The first kappa shape index (κ1) is 12.9. The minimum absolute atomic E-state index is 0.233. The van der Waals surface area contributed by atoms with Gasteiger partial charge in [-0.3, -0.25) is 0 Å². The van der Waals surface area contributed by atoms with Crippen molar-refractivity contribution in [2.24, 2.45) is 0 Å². The van der Waals surface area contributed by atoms with Crippen molar-refractivity contribution < 1.29 is 4.74 Å². The molecule has 2 rings (SSSR count). The fourth-order valence-electron chi connectivity index (χ4n) is 1.36. The molecule has 1 aromatic carbocycles. The molecular weight excluding hydrogens is 320 g/mol. The average Bonchev–Trinajstić information content (AvgIpc) is 2.34. The number of nitrogens with two attached hydrogens (primary N) is 1. The van der Waals surface area contributed by atoms with Gasteiger partial charge in [0, 0.05) is 16.2 Å². The molecule has 0 radical (unpaired) electrons. The fraction of sp³-hybridized carbons (Fsp3) is 0.0909. The van der Waals surface area contributed by atoms with Crippen molar-refractivity contribution >= 4 is 44.9 Å². The molecule has 0 aliphatic rings. The number of methoxy groups -OCH3 is 1. The summed E-state index contributed by atoms with van der Waals surface area (Å²) < 4.78 is 6.04. The molecular formula is C11H10BrClN4O. The lowest BCUT2D eigenvalue weighted by Gasteiger charge is -2.10. The normalized spacial score (nSPS) is 10.2. The highest BCUT2D eigenvalue weighted by molar-refractivity contribution is 9.10. The van der Waals surface area contributed by atoms with E-state index < -0.39 is 0 Å². The number of ether oxygens (including phenoxy) is 1. The number of hydrogen-bond donors (Lipinski definition) is 2. The monoisotopic (exact) mass is 328 g/mol. The van der Waals surface area contributed by atoms with Crippen LogP contribution in [0.3, 0.4) is 0 Å². The minimum Gasteiger partial charge on any atom is -0.497 e. The Bertz CT molecular complexity index is 579. The minimum atomic E-state index is 0.233. The maximum absolute atomic E-state index is 6.00. The topological polar surface area (TPSA) is 73.1 Å². The van der Waals surface area contributed by atoms with Crippen LogP contribution in [0.1, 0.15) is 0 Å². The van der Waals surface area contributed by atoms with E-state index in [0.29, 0.717) is 11.6 Å². The second kappa shape index (κ2) is 5.41. The Morgan fingerprint density at radius 3 is 2.83 bits per heavy atom. The molecule has 5 nitrogen and oxygen atoms in total. The molecule has 0 aliphatic carbocycles. The van der Waals surface area contributed by atoms with Gasteiger partial charge in [-0.1, -0.05) is 27.5 Å². The average molecular weight is 330 g/mol. The largest absolute Gasteiger partial charge is 0.497 e. The van der Waals surface area contributed by atoms with E-state index in [2.05, 4.69) is 31.2 Å². The zero-order valence-electron chi connectivity index (χ0n) is 9.45. The molecule has 0 spiro atoms. The third-order valence-electron chi connectivity index (χ3n) is 2.19. The molecule has 0 saturated carbocycles. The fourth-order valence-corrected chi connectivity index (χ4v) is 1.98. The van der Waals surface area contributed by atoms with Crippen LogP contribution in [0.4, 0.5) is 17.3 Å². The summed E-state index contributed by atoms with van der Waals surface area (Å²) in [6, 6.07) is 5.54. The number of rotatable bonds is 3. The molecule has 0 saturated heterocycles. The summed E-state index contributed by atoms with van der Waals surface area (Å²) in [4.78, 5) is 7.82. The molecule has 0 bridgehead atoms. The highest BCUT2D eigenvalue weighted by Gasteiger charge is 2.07. The van der Waals surface area contributed by atoms with Crippen LogP contribution in [-0.2, 0) is 0 Å². The highest BCUT2D eigenvalue weighted by atomic mass is 79.9. The zero-order chi connectivity index (χ0) is 13.1. The maximum Gasteiger partial charge on any atom is 0.154 e. The number of anilines is 3. The van der Waals surface area contributed by atoms with E-state index in [1.54, 1.807) is 7.11 Å². The van der Waals surface area contributed by atoms with Gasteiger partial charge in [-0.2, -0.15) is 0 Å². The van der Waals surface area contributed by atoms with Crippen LogP contribution in [0.2, 0.25) is 5.02 Å². The maximum atomic E-state index is 6.00. The molecule has 0 unspecified atom stereocenters. The van der Waals surface area contributed by atoms with E-state index in [9.17, 15) is 0 Å². The summed E-state index contributed by atoms with van der Waals surface area (Å²) in [6.07, 6.45) is 1.35. The molecule has 2 aromatic rings. The van der Waals surface area contributed by atoms with Crippen molar-refractivity contribution in [1.82, 2.24) is 9.97 Å². The number of nitrogen functional groups attached to an aromatic ring is 1. The third kappa shape index (κ3) is 2.83. The van der Waals surface area contributed by atoms with Gasteiger partial charge in [-0.25, -0.2) is 9.97 Å². The molecule has 1 heterocycles. The second-order valence-corrected chi connectivity index (χ2v) is 4.72. The molecule has 7 heteroatoms. The Morgan fingerprint density at radius 2 is 2.11 bits per heavy atom. The smallest absolute Gasteiger partial charge is 0.154 e. The van der Waals surface area contributed by atoms with E-state index >= 15 is 0 Å². The summed E-state index contributed by atoms with van der Waals surface area (Å²) in [5.74, 6) is 1.39. The number of halogens is 2. The van der Waals surface area contributed by atoms with Crippen LogP contribution < -0.4 is 15.8 Å². The predicted octanol–water partition coefficient (Wildman–Crippen LogP) is 3.23. The van der Waals surface area contributed by atoms with Gasteiger partial charge >= 0.3 is 0 Å². The van der Waals surface area contributed by atoms with E-state index in [0.717, 1.165) is 10.2 Å². The number of aromatic nitrogens is 2. The van der Waals surface area contributed by atoms with Gasteiger partial charge < -0.3 is 15.8 Å². The molecule has 3 N–H and O–H groups in total. The molecule has 94 valence electrons. The lowest BCUT2D eigenvalue weighted by atomic mass is 10.3. The summed E-state index contributed by atoms with van der Waals surface area (Å²) in [5, 5.41) is 3.34. The number of nitrogens with zero attached hydrogens (tertiary/aromatic N) is 2. The first-order chi connectivity index (χ1) is 8.60. The summed E-state index contributed by atoms with van der Waals surface area (Å²) in [7, 11) is 1.60. The van der Waals surface area contributed by atoms with Gasteiger partial charge in [-0.15, -0.1) is 0 Å². The third-order valence-corrected chi connectivity index (χ3v) is 3.02. The van der Waals surface area contributed by atoms with Crippen LogP contribution in [0.25, 0.3) is 0 Å². The highest BCUT2D eigenvalue weighted by Crippen LogP contribution is 2.30. The van der Waals surface area contributed by atoms with E-state index in [4.69, 9.17) is 22.1 Å². The lowest BCUT2D eigenvalue weighted by Crippen LogP contribution is -1.99. The SMILES string of the molecule is COc1cc(Br)cc(Nc2ncnc(N)c2Cl)c1. The summed E-state index contributed by atoms with van der Waals surface area (Å²) in [5.41, 5.74) is 6.38. The first-order valence-corrected chi connectivity index (χ1v) is 6.15. The molecule has 0 atom stereocenters. The van der Waals surface area contributed by atoms with Gasteiger partial charge in [0.05, 0.1) is 7.11 Å². The van der Waals surface area contributed by atoms with Gasteiger partial charge in [0.15, 0.2) is 5.82 Å². The van der Waals surface area contributed by atoms with Gasteiger partial charge in [0.2, 0.25) is 0 Å². The number of hydrogen-bond acceptors (Lipinski definition) is 5. The van der Waals surface area contributed by atoms with Gasteiger partial charge in [0.25, 0.3) is 0 Å². The van der Waals surface area contributed by atoms with Crippen LogP contribution in [0.5, 0.6) is 5.75 Å². The van der Waals surface area contributed by atoms with E-state index in [1.165, 1.54) is 6.33 Å². The number of nitrogens with one attached hydrogen (secondary N) is 1. The Balaban J connectivity index is 2.34. The molecule has 18 heavy (non-hydrogen) atoms. The Kier molecular flexibility index (Phi) is 3.88. The van der Waals surface area contributed by atoms with Crippen LogP contribution in [-0.4, -0.2) is 17.1 Å². The van der Waals surface area contributed by atoms with Crippen molar-refractivity contribution in [2.75, 3.05) is 18.2 Å². The standard InChI is InChI=1S/C11H10BrClN4O/c1-18-8-3-6(12)2-7(4-8)17-11-9(13)10(14)15-5-16-11/h2-5H,1H3,(H3,14,15,16,17). The molecule has 0 amide bonds. The molecule has 1 aromatic heterocycles. The summed E-state index contributed by atoms with van der Waals surface area (Å²) >= 11 is 9.39. The van der Waals surface area contributed by atoms with Crippen molar-refractivity contribution in [3.05, 3.63) is 34.0 Å². The second-order valence-electron chi connectivity index (χ2n) is 3.43. The van der Waals surface area contributed by atoms with Crippen molar-refractivity contribution in [3.63, 3.8) is 0 Å².